The average Bonchev–Trinajstić information content (AvgIpc) is 2.05. The van der Waals surface area contributed by atoms with Crippen LogP contribution in [0.2, 0.25) is 0 Å². The van der Waals surface area contributed by atoms with Gasteiger partial charge in [-0.3, -0.25) is 0 Å². The van der Waals surface area contributed by atoms with E-state index in [1.54, 1.807) is 0 Å². The van der Waals surface area contributed by atoms with Gasteiger partial charge in [0.15, 0.2) is 0 Å². The zero-order valence-corrected chi connectivity index (χ0v) is 9.53. The summed E-state index contributed by atoms with van der Waals surface area (Å²) in [5.41, 5.74) is 2.34. The molecule has 15 heavy (non-hydrogen) atoms. The molecule has 1 aromatic carbocycles. The summed E-state index contributed by atoms with van der Waals surface area (Å²) in [6.45, 7) is 2.07. The summed E-state index contributed by atoms with van der Waals surface area (Å²) in [5, 5.41) is 7.67. The van der Waals surface area contributed by atoms with Crippen LogP contribution in [-0.2, 0) is 0 Å². The molecule has 0 aliphatic carbocycles. The third kappa shape index (κ3) is 6.28. The van der Waals surface area contributed by atoms with Gasteiger partial charge in [0.25, 0.3) is 0 Å². The van der Waals surface area contributed by atoms with E-state index in [4.69, 9.17) is 13.3 Å². The van der Waals surface area contributed by atoms with Crippen LogP contribution >= 0.6 is 12.4 Å². The Morgan fingerprint density at radius 2 is 1.93 bits per heavy atom. The average molecular weight is 230 g/mol. The molecule has 0 bridgehead atoms. The molecular formula is C10H17BClNO2. The standard InChI is InChI=1S/C10H12BN.ClH.2H2O/c1-2-4-10(12)8-5-3-6-9(11)7-8;;;/h3,5-7,12H,2,4H2,1H3;1H;2*1H2. The fraction of sp³-hybridized carbons (Fsp3) is 0.300. The second-order valence-corrected chi connectivity index (χ2v) is 2.85. The molecule has 0 saturated carbocycles. The molecule has 0 spiro atoms. The number of rotatable bonds is 3. The molecule has 3 nitrogen and oxygen atoms in total. The SMILES string of the molecule is Cl.O.O.[B]c1cccc(C(=N)CCC)c1. The highest BCUT2D eigenvalue weighted by Gasteiger charge is 1.98. The highest BCUT2D eigenvalue weighted by molar-refractivity contribution is 6.32. The Kier molecular flexibility index (Phi) is 12.7. The summed E-state index contributed by atoms with van der Waals surface area (Å²) in [6.07, 6.45) is 1.83. The van der Waals surface area contributed by atoms with E-state index in [2.05, 4.69) is 6.92 Å². The first-order valence-electron chi connectivity index (χ1n) is 4.17. The maximum atomic E-state index is 7.67. The van der Waals surface area contributed by atoms with Gasteiger partial charge in [0.1, 0.15) is 7.85 Å². The van der Waals surface area contributed by atoms with Gasteiger partial charge >= 0.3 is 0 Å². The molecule has 0 amide bonds. The van der Waals surface area contributed by atoms with Crippen molar-refractivity contribution < 1.29 is 11.0 Å². The first-order valence-corrected chi connectivity index (χ1v) is 4.17. The summed E-state index contributed by atoms with van der Waals surface area (Å²) in [6, 6.07) is 7.49. The number of halogens is 1. The molecule has 2 radical (unpaired) electrons. The van der Waals surface area contributed by atoms with Gasteiger partial charge in [0.05, 0.1) is 0 Å². The molecule has 0 unspecified atom stereocenters. The number of benzene rings is 1. The van der Waals surface area contributed by atoms with Gasteiger partial charge in [-0.2, -0.15) is 0 Å². The largest absolute Gasteiger partial charge is 0.412 e. The van der Waals surface area contributed by atoms with Crippen molar-refractivity contribution in [3.8, 4) is 0 Å². The molecular weight excluding hydrogens is 212 g/mol. The Morgan fingerprint density at radius 3 is 2.40 bits per heavy atom. The summed E-state index contributed by atoms with van der Waals surface area (Å²) >= 11 is 0. The van der Waals surface area contributed by atoms with Crippen molar-refractivity contribution in [1.82, 2.24) is 0 Å². The smallest absolute Gasteiger partial charge is 0.113 e. The summed E-state index contributed by atoms with van der Waals surface area (Å²) < 4.78 is 0. The molecule has 0 aliphatic heterocycles. The molecule has 0 saturated heterocycles. The number of hydrogen-bond acceptors (Lipinski definition) is 1. The van der Waals surface area contributed by atoms with Crippen LogP contribution in [-0.4, -0.2) is 24.5 Å². The first-order chi connectivity index (χ1) is 5.74. The van der Waals surface area contributed by atoms with Crippen molar-refractivity contribution >= 4 is 31.4 Å². The molecule has 84 valence electrons. The van der Waals surface area contributed by atoms with Crippen molar-refractivity contribution in [3.63, 3.8) is 0 Å². The van der Waals surface area contributed by atoms with Gasteiger partial charge < -0.3 is 16.4 Å². The first kappa shape index (κ1) is 19.7. The quantitative estimate of drug-likeness (QED) is 0.575. The van der Waals surface area contributed by atoms with Gasteiger partial charge in [-0.05, 0) is 12.0 Å². The van der Waals surface area contributed by atoms with E-state index in [0.29, 0.717) is 5.71 Å². The fourth-order valence-corrected chi connectivity index (χ4v) is 1.12. The lowest BCUT2D eigenvalue weighted by Crippen LogP contribution is -2.06. The van der Waals surface area contributed by atoms with Gasteiger partial charge in [0, 0.05) is 5.71 Å². The van der Waals surface area contributed by atoms with Gasteiger partial charge in [-0.25, -0.2) is 0 Å². The molecule has 0 aromatic heterocycles. The van der Waals surface area contributed by atoms with Gasteiger partial charge in [-0.15, -0.1) is 12.4 Å². The Balaban J connectivity index is -0.000000480. The van der Waals surface area contributed by atoms with Crippen LogP contribution in [0.3, 0.4) is 0 Å². The van der Waals surface area contributed by atoms with Gasteiger partial charge in [-0.1, -0.05) is 43.1 Å². The molecule has 1 aromatic rings. The highest BCUT2D eigenvalue weighted by Crippen LogP contribution is 2.02. The monoisotopic (exact) mass is 229 g/mol. The molecule has 5 N–H and O–H groups in total. The third-order valence-electron chi connectivity index (χ3n) is 1.74. The zero-order chi connectivity index (χ0) is 8.97. The predicted molar refractivity (Wildman–Crippen MR) is 68.0 cm³/mol. The number of nitrogens with one attached hydrogen (secondary N) is 1. The molecule has 1 rings (SSSR count). The van der Waals surface area contributed by atoms with E-state index in [-0.39, 0.29) is 23.4 Å². The predicted octanol–water partition coefficient (Wildman–Crippen LogP) is 0.421. The van der Waals surface area contributed by atoms with Crippen LogP contribution in [0, 0.1) is 5.41 Å². The van der Waals surface area contributed by atoms with E-state index in [1.807, 2.05) is 24.3 Å². The molecule has 0 fully saturated rings. The van der Waals surface area contributed by atoms with Crippen molar-refractivity contribution in [3.05, 3.63) is 29.8 Å². The van der Waals surface area contributed by atoms with Crippen molar-refractivity contribution in [2.75, 3.05) is 0 Å². The molecule has 0 heterocycles. The van der Waals surface area contributed by atoms with E-state index in [1.165, 1.54) is 0 Å². The Bertz CT molecular complexity index is 295. The van der Waals surface area contributed by atoms with Crippen LogP contribution < -0.4 is 5.46 Å². The van der Waals surface area contributed by atoms with Crippen LogP contribution in [0.25, 0.3) is 0 Å². The Labute approximate surface area is 97.8 Å². The fourth-order valence-electron chi connectivity index (χ4n) is 1.12. The third-order valence-corrected chi connectivity index (χ3v) is 1.74. The maximum absolute atomic E-state index is 7.67. The normalized spacial score (nSPS) is 7.80. The van der Waals surface area contributed by atoms with Crippen molar-refractivity contribution in [1.29, 1.82) is 5.41 Å². The minimum absolute atomic E-state index is 0. The Morgan fingerprint density at radius 1 is 1.33 bits per heavy atom. The lowest BCUT2D eigenvalue weighted by molar-refractivity contribution is 0.823. The second kappa shape index (κ2) is 9.71. The summed E-state index contributed by atoms with van der Waals surface area (Å²) in [4.78, 5) is 0. The molecule has 5 heteroatoms. The lowest BCUT2D eigenvalue weighted by atomic mass is 9.92. The lowest BCUT2D eigenvalue weighted by Gasteiger charge is -2.02. The summed E-state index contributed by atoms with van der Waals surface area (Å²) in [7, 11) is 5.60. The topological polar surface area (TPSA) is 86.8 Å². The maximum Gasteiger partial charge on any atom is 0.113 e. The van der Waals surface area contributed by atoms with E-state index in [9.17, 15) is 0 Å². The highest BCUT2D eigenvalue weighted by atomic mass is 35.5. The van der Waals surface area contributed by atoms with Gasteiger partial charge in [0.2, 0.25) is 0 Å². The summed E-state index contributed by atoms with van der Waals surface area (Å²) in [5.74, 6) is 0. The van der Waals surface area contributed by atoms with Crippen LogP contribution in [0.1, 0.15) is 25.3 Å². The minimum Gasteiger partial charge on any atom is -0.412 e. The molecule has 0 atom stereocenters. The van der Waals surface area contributed by atoms with Crippen LogP contribution in [0.4, 0.5) is 0 Å². The van der Waals surface area contributed by atoms with Crippen LogP contribution in [0.5, 0.6) is 0 Å². The van der Waals surface area contributed by atoms with Crippen molar-refractivity contribution in [2.24, 2.45) is 0 Å². The number of hydrogen-bond donors (Lipinski definition) is 1. The zero-order valence-electron chi connectivity index (χ0n) is 8.71. The van der Waals surface area contributed by atoms with Crippen LogP contribution in [0.15, 0.2) is 24.3 Å². The Hall–Kier alpha value is -0.835. The van der Waals surface area contributed by atoms with E-state index < -0.39 is 0 Å². The molecule has 0 aliphatic rings. The van der Waals surface area contributed by atoms with E-state index in [0.717, 1.165) is 23.9 Å². The van der Waals surface area contributed by atoms with E-state index >= 15 is 0 Å². The minimum atomic E-state index is 0. The van der Waals surface area contributed by atoms with Crippen molar-refractivity contribution in [2.45, 2.75) is 19.8 Å². The second-order valence-electron chi connectivity index (χ2n) is 2.85.